The highest BCUT2D eigenvalue weighted by Gasteiger charge is 2.24. The van der Waals surface area contributed by atoms with Gasteiger partial charge in [-0.3, -0.25) is 9.59 Å². The normalized spacial score (nSPS) is 12.5. The van der Waals surface area contributed by atoms with Crippen molar-refractivity contribution in [3.63, 3.8) is 0 Å². The molecule has 0 aromatic rings. The highest BCUT2D eigenvalue weighted by molar-refractivity contribution is 5.98. The van der Waals surface area contributed by atoms with Crippen molar-refractivity contribution in [3.05, 3.63) is 0 Å². The minimum Gasteiger partial charge on any atom is -0.481 e. The van der Waals surface area contributed by atoms with Crippen LogP contribution in [0.25, 0.3) is 0 Å². The summed E-state index contributed by atoms with van der Waals surface area (Å²) in [6.45, 7) is 6.54. The number of hydrogen-bond donors (Lipinski definition) is 1. The summed E-state index contributed by atoms with van der Waals surface area (Å²) in [6.07, 6.45) is 12.0. The maximum absolute atomic E-state index is 12.1. The number of carboxylic acid groups (broad SMARTS) is 1. The summed E-state index contributed by atoms with van der Waals surface area (Å²) in [4.78, 5) is 23.3. The molecule has 0 aliphatic heterocycles. The smallest absolute Gasteiger partial charge is 0.314 e. The predicted octanol–water partition coefficient (Wildman–Crippen LogP) is 5.61. The van der Waals surface area contributed by atoms with E-state index in [0.29, 0.717) is 18.8 Å². The minimum atomic E-state index is -0.931. The number of aliphatic carboxylic acids is 1. The van der Waals surface area contributed by atoms with Gasteiger partial charge in [0.05, 0.1) is 0 Å². The van der Waals surface area contributed by atoms with Crippen molar-refractivity contribution in [1.29, 1.82) is 0 Å². The molecule has 0 aliphatic carbocycles. The second-order valence-electron chi connectivity index (χ2n) is 6.91. The number of Topliss-reactive ketones (excluding diaryl/α,β-unsaturated/α-hetero) is 1. The number of carboxylic acids is 1. The third kappa shape index (κ3) is 11.8. The van der Waals surface area contributed by atoms with Gasteiger partial charge in [0.15, 0.2) is 0 Å². The maximum atomic E-state index is 12.1. The first-order valence-electron chi connectivity index (χ1n) is 9.24. The fourth-order valence-corrected chi connectivity index (χ4v) is 2.75. The quantitative estimate of drug-likeness (QED) is 0.316. The van der Waals surface area contributed by atoms with Crippen LogP contribution in [0.1, 0.15) is 97.8 Å². The van der Waals surface area contributed by atoms with E-state index in [1.807, 2.05) is 0 Å². The molecule has 1 unspecified atom stereocenters. The number of rotatable bonds is 15. The fourth-order valence-electron chi connectivity index (χ4n) is 2.75. The van der Waals surface area contributed by atoms with Gasteiger partial charge in [-0.25, -0.2) is 0 Å². The molecule has 0 amide bonds. The molecule has 0 saturated carbocycles. The van der Waals surface area contributed by atoms with Gasteiger partial charge in [0, 0.05) is 6.42 Å². The van der Waals surface area contributed by atoms with Crippen LogP contribution in [0.2, 0.25) is 0 Å². The molecule has 1 N–H and O–H groups in total. The van der Waals surface area contributed by atoms with Crippen molar-refractivity contribution in [2.24, 2.45) is 11.8 Å². The van der Waals surface area contributed by atoms with Crippen LogP contribution in [-0.4, -0.2) is 16.9 Å². The SMILES string of the molecule is CCCCCCCCCC(C(=O)O)C(=O)CCCCC(C)C. The molecule has 0 radical (unpaired) electrons. The van der Waals surface area contributed by atoms with E-state index in [1.54, 1.807) is 0 Å². The third-order valence-corrected chi connectivity index (χ3v) is 4.24. The van der Waals surface area contributed by atoms with Crippen molar-refractivity contribution >= 4 is 11.8 Å². The molecule has 22 heavy (non-hydrogen) atoms. The van der Waals surface area contributed by atoms with Crippen LogP contribution in [0.4, 0.5) is 0 Å². The summed E-state index contributed by atoms with van der Waals surface area (Å²) in [5.74, 6) is -1.12. The maximum Gasteiger partial charge on any atom is 0.314 e. The second kappa shape index (κ2) is 13.8. The van der Waals surface area contributed by atoms with E-state index in [2.05, 4.69) is 20.8 Å². The molecule has 0 spiro atoms. The summed E-state index contributed by atoms with van der Waals surface area (Å²) >= 11 is 0. The Labute approximate surface area is 136 Å². The number of unbranched alkanes of at least 4 members (excludes halogenated alkanes) is 7. The standard InChI is InChI=1S/C19H36O3/c1-4-5-6-7-8-9-10-14-17(19(21)22)18(20)15-12-11-13-16(2)3/h16-17H,4-15H2,1-3H3,(H,21,22). The summed E-state index contributed by atoms with van der Waals surface area (Å²) in [5.41, 5.74) is 0. The molecule has 0 heterocycles. The number of carbonyl (C=O) groups is 2. The molecule has 130 valence electrons. The van der Waals surface area contributed by atoms with Crippen LogP contribution in [0.3, 0.4) is 0 Å². The van der Waals surface area contributed by atoms with E-state index in [0.717, 1.165) is 38.5 Å². The first kappa shape index (κ1) is 21.1. The minimum absolute atomic E-state index is 0.0674. The van der Waals surface area contributed by atoms with Crippen LogP contribution in [-0.2, 0) is 9.59 Å². The zero-order valence-electron chi connectivity index (χ0n) is 14.9. The van der Waals surface area contributed by atoms with Gasteiger partial charge in [0.25, 0.3) is 0 Å². The Morgan fingerprint density at radius 2 is 1.36 bits per heavy atom. The Kier molecular flexibility index (Phi) is 13.2. The molecular formula is C19H36O3. The second-order valence-corrected chi connectivity index (χ2v) is 6.91. The summed E-state index contributed by atoms with van der Waals surface area (Å²) in [7, 11) is 0. The van der Waals surface area contributed by atoms with Crippen LogP contribution in [0.15, 0.2) is 0 Å². The third-order valence-electron chi connectivity index (χ3n) is 4.24. The lowest BCUT2D eigenvalue weighted by molar-refractivity contribution is -0.146. The first-order valence-corrected chi connectivity index (χ1v) is 9.24. The Morgan fingerprint density at radius 1 is 0.818 bits per heavy atom. The summed E-state index contributed by atoms with van der Waals surface area (Å²) in [5, 5.41) is 9.24. The Hall–Kier alpha value is -0.860. The highest BCUT2D eigenvalue weighted by atomic mass is 16.4. The van der Waals surface area contributed by atoms with Crippen LogP contribution in [0.5, 0.6) is 0 Å². The van der Waals surface area contributed by atoms with Gasteiger partial charge in [-0.05, 0) is 18.8 Å². The van der Waals surface area contributed by atoms with Crippen molar-refractivity contribution in [2.75, 3.05) is 0 Å². The van der Waals surface area contributed by atoms with Crippen LogP contribution < -0.4 is 0 Å². The zero-order chi connectivity index (χ0) is 16.8. The van der Waals surface area contributed by atoms with Gasteiger partial charge < -0.3 is 5.11 Å². The number of ketones is 1. The highest BCUT2D eigenvalue weighted by Crippen LogP contribution is 2.17. The van der Waals surface area contributed by atoms with Crippen LogP contribution >= 0.6 is 0 Å². The molecule has 0 rings (SSSR count). The average molecular weight is 312 g/mol. The monoisotopic (exact) mass is 312 g/mol. The molecule has 0 aromatic heterocycles. The van der Waals surface area contributed by atoms with Crippen molar-refractivity contribution < 1.29 is 14.7 Å². The fraction of sp³-hybridized carbons (Fsp3) is 0.895. The Morgan fingerprint density at radius 3 is 1.91 bits per heavy atom. The largest absolute Gasteiger partial charge is 0.481 e. The van der Waals surface area contributed by atoms with Gasteiger partial charge in [-0.1, -0.05) is 78.6 Å². The molecule has 0 fully saturated rings. The van der Waals surface area contributed by atoms with Gasteiger partial charge in [0.2, 0.25) is 0 Å². The van der Waals surface area contributed by atoms with E-state index in [4.69, 9.17) is 0 Å². The lowest BCUT2D eigenvalue weighted by Crippen LogP contribution is -2.23. The number of carbonyl (C=O) groups excluding carboxylic acids is 1. The van der Waals surface area contributed by atoms with E-state index < -0.39 is 11.9 Å². The lowest BCUT2D eigenvalue weighted by atomic mass is 9.92. The van der Waals surface area contributed by atoms with Gasteiger partial charge >= 0.3 is 5.97 Å². The summed E-state index contributed by atoms with van der Waals surface area (Å²) < 4.78 is 0. The van der Waals surface area contributed by atoms with E-state index in [1.165, 1.54) is 25.7 Å². The Bertz CT molecular complexity index is 297. The van der Waals surface area contributed by atoms with E-state index >= 15 is 0 Å². The molecule has 0 aliphatic rings. The molecular weight excluding hydrogens is 276 g/mol. The molecule has 0 aromatic carbocycles. The first-order chi connectivity index (χ1) is 10.5. The van der Waals surface area contributed by atoms with E-state index in [9.17, 15) is 14.7 Å². The average Bonchev–Trinajstić information content (AvgIpc) is 2.45. The molecule has 0 bridgehead atoms. The van der Waals surface area contributed by atoms with Crippen molar-refractivity contribution in [1.82, 2.24) is 0 Å². The van der Waals surface area contributed by atoms with Crippen molar-refractivity contribution in [2.45, 2.75) is 97.8 Å². The Balaban J connectivity index is 3.84. The molecule has 3 heteroatoms. The van der Waals surface area contributed by atoms with Crippen molar-refractivity contribution in [3.8, 4) is 0 Å². The predicted molar refractivity (Wildman–Crippen MR) is 92.0 cm³/mol. The topological polar surface area (TPSA) is 54.4 Å². The molecule has 0 saturated heterocycles. The molecule has 3 nitrogen and oxygen atoms in total. The zero-order valence-corrected chi connectivity index (χ0v) is 14.9. The van der Waals surface area contributed by atoms with Crippen LogP contribution in [0, 0.1) is 11.8 Å². The van der Waals surface area contributed by atoms with E-state index in [-0.39, 0.29) is 5.78 Å². The lowest BCUT2D eigenvalue weighted by Gasteiger charge is -2.11. The van der Waals surface area contributed by atoms with Gasteiger partial charge in [-0.2, -0.15) is 0 Å². The molecule has 1 atom stereocenters. The summed E-state index contributed by atoms with van der Waals surface area (Å²) in [6, 6.07) is 0. The van der Waals surface area contributed by atoms with Gasteiger partial charge in [-0.15, -0.1) is 0 Å². The van der Waals surface area contributed by atoms with Gasteiger partial charge in [0.1, 0.15) is 11.7 Å². The number of hydrogen-bond acceptors (Lipinski definition) is 2.